The molecule has 1 heterocycles. The molecule has 0 amide bonds. The number of aryl methyl sites for hydroxylation is 2. The van der Waals surface area contributed by atoms with E-state index in [2.05, 4.69) is 5.32 Å². The Kier molecular flexibility index (Phi) is 3.80. The van der Waals surface area contributed by atoms with Gasteiger partial charge in [0.2, 0.25) is 6.79 Å². The molecule has 0 aliphatic carbocycles. The number of nitrogens with one attached hydrogen (secondary N) is 1. The Morgan fingerprint density at radius 1 is 0.952 bits per heavy atom. The molecule has 0 aromatic heterocycles. The molecule has 3 rings (SSSR count). The monoisotopic (exact) mass is 287 g/mol. The van der Waals surface area contributed by atoms with E-state index in [1.165, 1.54) is 0 Å². The van der Waals surface area contributed by atoms with Crippen molar-refractivity contribution in [1.29, 1.82) is 0 Å². The summed E-state index contributed by atoms with van der Waals surface area (Å²) in [6, 6.07) is 9.69. The van der Waals surface area contributed by atoms with E-state index in [1.54, 1.807) is 13.8 Å². The Balaban J connectivity index is 1.61. The molecule has 4 heteroatoms. The van der Waals surface area contributed by atoms with Crippen LogP contribution in [-0.4, -0.2) is 6.79 Å². The second-order valence-corrected chi connectivity index (χ2v) is 5.33. The molecular formula is C17H18FNO2. The Morgan fingerprint density at radius 3 is 2.38 bits per heavy atom. The topological polar surface area (TPSA) is 30.5 Å². The molecule has 110 valence electrons. The van der Waals surface area contributed by atoms with Crippen molar-refractivity contribution in [3.05, 3.63) is 58.4 Å². The molecule has 0 atom stereocenters. The van der Waals surface area contributed by atoms with Crippen molar-refractivity contribution < 1.29 is 13.9 Å². The number of fused-ring (bicyclic) bond motifs is 1. The van der Waals surface area contributed by atoms with Gasteiger partial charge >= 0.3 is 0 Å². The van der Waals surface area contributed by atoms with Crippen LogP contribution < -0.4 is 14.8 Å². The molecule has 3 nitrogen and oxygen atoms in total. The Morgan fingerprint density at radius 2 is 1.62 bits per heavy atom. The number of benzene rings is 2. The van der Waals surface area contributed by atoms with Crippen LogP contribution in [0.15, 0.2) is 30.3 Å². The van der Waals surface area contributed by atoms with Crippen LogP contribution in [0, 0.1) is 19.7 Å². The summed E-state index contributed by atoms with van der Waals surface area (Å²) in [5.74, 6) is 1.47. The molecule has 1 aliphatic heterocycles. The molecule has 0 bridgehead atoms. The number of hydrogen-bond acceptors (Lipinski definition) is 3. The molecule has 2 aromatic rings. The average Bonchev–Trinajstić information content (AvgIpc) is 2.92. The average molecular weight is 287 g/mol. The number of ether oxygens (including phenoxy) is 2. The van der Waals surface area contributed by atoms with Crippen LogP contribution in [0.4, 0.5) is 4.39 Å². The second kappa shape index (κ2) is 5.74. The largest absolute Gasteiger partial charge is 0.454 e. The molecule has 1 aliphatic rings. The fraction of sp³-hybridized carbons (Fsp3) is 0.294. The van der Waals surface area contributed by atoms with Crippen LogP contribution in [-0.2, 0) is 13.1 Å². The summed E-state index contributed by atoms with van der Waals surface area (Å²) in [4.78, 5) is 0. The van der Waals surface area contributed by atoms with Crippen molar-refractivity contribution >= 4 is 0 Å². The van der Waals surface area contributed by atoms with Crippen LogP contribution in [0.1, 0.15) is 22.3 Å². The Labute approximate surface area is 123 Å². The third-order valence-corrected chi connectivity index (χ3v) is 3.59. The molecule has 0 spiro atoms. The van der Waals surface area contributed by atoms with E-state index < -0.39 is 0 Å². The van der Waals surface area contributed by atoms with E-state index in [9.17, 15) is 4.39 Å². The van der Waals surface area contributed by atoms with Crippen molar-refractivity contribution in [1.82, 2.24) is 5.32 Å². The maximum atomic E-state index is 13.6. The van der Waals surface area contributed by atoms with E-state index in [4.69, 9.17) is 9.47 Å². The highest BCUT2D eigenvalue weighted by Crippen LogP contribution is 2.32. The lowest BCUT2D eigenvalue weighted by atomic mass is 10.1. The first-order valence-corrected chi connectivity index (χ1v) is 6.98. The van der Waals surface area contributed by atoms with Crippen LogP contribution in [0.5, 0.6) is 11.5 Å². The summed E-state index contributed by atoms with van der Waals surface area (Å²) in [7, 11) is 0. The smallest absolute Gasteiger partial charge is 0.231 e. The zero-order chi connectivity index (χ0) is 14.8. The molecule has 2 aromatic carbocycles. The van der Waals surface area contributed by atoms with Crippen molar-refractivity contribution in [3.63, 3.8) is 0 Å². The number of hydrogen-bond donors (Lipinski definition) is 1. The van der Waals surface area contributed by atoms with Gasteiger partial charge in [-0.3, -0.25) is 0 Å². The summed E-state index contributed by atoms with van der Waals surface area (Å²) in [6.07, 6.45) is 0. The minimum Gasteiger partial charge on any atom is -0.454 e. The first-order chi connectivity index (χ1) is 10.1. The number of halogens is 1. The summed E-state index contributed by atoms with van der Waals surface area (Å²) in [5.41, 5.74) is 3.60. The van der Waals surface area contributed by atoms with Gasteiger partial charge in [0.05, 0.1) is 0 Å². The summed E-state index contributed by atoms with van der Waals surface area (Å²) in [5, 5.41) is 3.36. The third kappa shape index (κ3) is 3.00. The van der Waals surface area contributed by atoms with Crippen LogP contribution >= 0.6 is 0 Å². The Bertz CT molecular complexity index is 647. The van der Waals surface area contributed by atoms with E-state index in [-0.39, 0.29) is 5.82 Å². The van der Waals surface area contributed by atoms with Crippen LogP contribution in [0.2, 0.25) is 0 Å². The highest BCUT2D eigenvalue weighted by atomic mass is 19.1. The van der Waals surface area contributed by atoms with E-state index in [0.717, 1.165) is 29.2 Å². The number of rotatable bonds is 4. The van der Waals surface area contributed by atoms with Gasteiger partial charge in [0.1, 0.15) is 5.82 Å². The first-order valence-electron chi connectivity index (χ1n) is 6.98. The molecule has 21 heavy (non-hydrogen) atoms. The highest BCUT2D eigenvalue weighted by molar-refractivity contribution is 5.44. The lowest BCUT2D eigenvalue weighted by Gasteiger charge is -2.09. The van der Waals surface area contributed by atoms with Crippen LogP contribution in [0.25, 0.3) is 0 Å². The Hall–Kier alpha value is -2.07. The van der Waals surface area contributed by atoms with Gasteiger partial charge < -0.3 is 14.8 Å². The minimum atomic E-state index is -0.116. The molecule has 0 fully saturated rings. The molecule has 0 unspecified atom stereocenters. The van der Waals surface area contributed by atoms with E-state index in [0.29, 0.717) is 24.5 Å². The molecule has 1 N–H and O–H groups in total. The first kappa shape index (κ1) is 13.9. The predicted octanol–water partition coefficient (Wildman–Crippen LogP) is 3.46. The van der Waals surface area contributed by atoms with Gasteiger partial charge in [-0.05, 0) is 48.2 Å². The van der Waals surface area contributed by atoms with E-state index in [1.807, 2.05) is 30.3 Å². The van der Waals surface area contributed by atoms with Crippen molar-refractivity contribution in [2.75, 3.05) is 6.79 Å². The summed E-state index contributed by atoms with van der Waals surface area (Å²) < 4.78 is 24.2. The zero-order valence-electron chi connectivity index (χ0n) is 12.2. The molecular weight excluding hydrogens is 269 g/mol. The van der Waals surface area contributed by atoms with Gasteiger partial charge in [-0.25, -0.2) is 4.39 Å². The molecule has 0 saturated heterocycles. The summed E-state index contributed by atoms with van der Waals surface area (Å²) >= 11 is 0. The quantitative estimate of drug-likeness (QED) is 0.934. The van der Waals surface area contributed by atoms with Crippen molar-refractivity contribution in [2.24, 2.45) is 0 Å². The minimum absolute atomic E-state index is 0.116. The second-order valence-electron chi connectivity index (χ2n) is 5.33. The maximum absolute atomic E-state index is 13.6. The van der Waals surface area contributed by atoms with Gasteiger partial charge in [0.15, 0.2) is 11.5 Å². The van der Waals surface area contributed by atoms with Gasteiger partial charge in [0.25, 0.3) is 0 Å². The summed E-state index contributed by atoms with van der Waals surface area (Å²) in [6.45, 7) is 5.32. The normalized spacial score (nSPS) is 12.7. The van der Waals surface area contributed by atoms with Crippen LogP contribution in [0.3, 0.4) is 0 Å². The lowest BCUT2D eigenvalue weighted by molar-refractivity contribution is 0.174. The van der Waals surface area contributed by atoms with Crippen molar-refractivity contribution in [2.45, 2.75) is 26.9 Å². The fourth-order valence-electron chi connectivity index (χ4n) is 2.54. The predicted molar refractivity (Wildman–Crippen MR) is 79.0 cm³/mol. The van der Waals surface area contributed by atoms with Crippen molar-refractivity contribution in [3.8, 4) is 11.5 Å². The SMILES string of the molecule is Cc1cc(CNCc2ccc3c(c2)OCO3)cc(C)c1F. The standard InChI is InChI=1S/C17H18FNO2/c1-11-5-14(6-12(2)17(11)18)9-19-8-13-3-4-15-16(7-13)21-10-20-15/h3-7,19H,8-10H2,1-2H3. The molecule has 0 radical (unpaired) electrons. The van der Waals surface area contributed by atoms with Gasteiger partial charge in [0, 0.05) is 13.1 Å². The molecule has 0 saturated carbocycles. The van der Waals surface area contributed by atoms with Gasteiger partial charge in [-0.2, -0.15) is 0 Å². The fourth-order valence-corrected chi connectivity index (χ4v) is 2.54. The highest BCUT2D eigenvalue weighted by Gasteiger charge is 2.12. The van der Waals surface area contributed by atoms with Gasteiger partial charge in [-0.1, -0.05) is 18.2 Å². The maximum Gasteiger partial charge on any atom is 0.231 e. The van der Waals surface area contributed by atoms with Gasteiger partial charge in [-0.15, -0.1) is 0 Å². The lowest BCUT2D eigenvalue weighted by Crippen LogP contribution is -2.13. The van der Waals surface area contributed by atoms with E-state index >= 15 is 0 Å². The third-order valence-electron chi connectivity index (χ3n) is 3.59. The zero-order valence-corrected chi connectivity index (χ0v) is 12.2.